The highest BCUT2D eigenvalue weighted by atomic mass is 19.2. The first-order valence-electron chi connectivity index (χ1n) is 6.42. The van der Waals surface area contributed by atoms with Crippen LogP contribution in [0.4, 0.5) is 13.2 Å². The van der Waals surface area contributed by atoms with Gasteiger partial charge in [0.25, 0.3) is 0 Å². The molecule has 2 aromatic rings. The van der Waals surface area contributed by atoms with Crippen molar-refractivity contribution < 1.29 is 17.9 Å². The molecule has 0 unspecified atom stereocenters. The van der Waals surface area contributed by atoms with E-state index < -0.39 is 17.5 Å². The third-order valence-electron chi connectivity index (χ3n) is 2.98. The van der Waals surface area contributed by atoms with Gasteiger partial charge in [0.1, 0.15) is 0 Å². The zero-order chi connectivity index (χ0) is 14.7. The molecule has 106 valence electrons. The van der Waals surface area contributed by atoms with Gasteiger partial charge in [-0.15, -0.1) is 0 Å². The Morgan fingerprint density at radius 1 is 1.00 bits per heavy atom. The van der Waals surface area contributed by atoms with Crippen molar-refractivity contribution in [3.8, 4) is 16.9 Å². The standard InChI is InChI=1S/C16H15F3O/c1-3-8-20-14-7-5-11(9-13(14)17)12-6-4-10(2)15(18)16(12)19/h4-7,9H,3,8H2,1-2H3. The lowest BCUT2D eigenvalue weighted by Gasteiger charge is -2.09. The van der Waals surface area contributed by atoms with Crippen molar-refractivity contribution in [2.45, 2.75) is 20.3 Å². The van der Waals surface area contributed by atoms with Gasteiger partial charge in [-0.1, -0.05) is 25.1 Å². The molecule has 20 heavy (non-hydrogen) atoms. The van der Waals surface area contributed by atoms with Crippen molar-refractivity contribution in [1.29, 1.82) is 0 Å². The molecular formula is C16H15F3O. The summed E-state index contributed by atoms with van der Waals surface area (Å²) in [5.74, 6) is -2.35. The SMILES string of the molecule is CCCOc1ccc(-c2ccc(C)c(F)c2F)cc1F. The summed E-state index contributed by atoms with van der Waals surface area (Å²) in [5, 5.41) is 0. The third-order valence-corrected chi connectivity index (χ3v) is 2.98. The van der Waals surface area contributed by atoms with Gasteiger partial charge in [0.2, 0.25) is 0 Å². The minimum atomic E-state index is -0.966. The molecule has 0 aromatic heterocycles. The van der Waals surface area contributed by atoms with Crippen molar-refractivity contribution in [1.82, 2.24) is 0 Å². The summed E-state index contributed by atoms with van der Waals surface area (Å²) in [6.45, 7) is 3.80. The Labute approximate surface area is 116 Å². The topological polar surface area (TPSA) is 9.23 Å². The van der Waals surface area contributed by atoms with Crippen LogP contribution < -0.4 is 4.74 Å². The van der Waals surface area contributed by atoms with Gasteiger partial charge in [0.15, 0.2) is 23.2 Å². The molecule has 0 N–H and O–H groups in total. The number of ether oxygens (including phenoxy) is 1. The van der Waals surface area contributed by atoms with E-state index in [2.05, 4.69) is 0 Å². The van der Waals surface area contributed by atoms with Gasteiger partial charge in [-0.25, -0.2) is 13.2 Å². The summed E-state index contributed by atoms with van der Waals surface area (Å²) in [6.07, 6.45) is 0.763. The number of aryl methyl sites for hydroxylation is 1. The van der Waals surface area contributed by atoms with Crippen molar-refractivity contribution in [2.24, 2.45) is 0 Å². The fraction of sp³-hybridized carbons (Fsp3) is 0.250. The maximum Gasteiger partial charge on any atom is 0.166 e. The Morgan fingerprint density at radius 2 is 1.75 bits per heavy atom. The molecule has 0 spiro atoms. The van der Waals surface area contributed by atoms with Crippen LogP contribution in [0.2, 0.25) is 0 Å². The Hall–Kier alpha value is -1.97. The normalized spacial score (nSPS) is 10.7. The second kappa shape index (κ2) is 5.99. The summed E-state index contributed by atoms with van der Waals surface area (Å²) in [7, 11) is 0. The average molecular weight is 280 g/mol. The van der Waals surface area contributed by atoms with Crippen LogP contribution in [-0.4, -0.2) is 6.61 Å². The molecule has 0 heterocycles. The van der Waals surface area contributed by atoms with Crippen LogP contribution in [0.15, 0.2) is 30.3 Å². The van der Waals surface area contributed by atoms with Gasteiger partial charge in [0, 0.05) is 5.56 Å². The van der Waals surface area contributed by atoms with Crippen LogP contribution in [0.3, 0.4) is 0 Å². The molecule has 2 rings (SSSR count). The Kier molecular flexibility index (Phi) is 4.32. The molecule has 0 saturated heterocycles. The average Bonchev–Trinajstić information content (AvgIpc) is 2.44. The molecule has 1 nitrogen and oxygen atoms in total. The van der Waals surface area contributed by atoms with E-state index in [0.717, 1.165) is 12.5 Å². The van der Waals surface area contributed by atoms with Crippen LogP contribution in [0.5, 0.6) is 5.75 Å². The van der Waals surface area contributed by atoms with Crippen LogP contribution in [0.1, 0.15) is 18.9 Å². The Balaban J connectivity index is 2.39. The molecule has 0 saturated carbocycles. The van der Waals surface area contributed by atoms with Crippen molar-refractivity contribution >= 4 is 0 Å². The van der Waals surface area contributed by atoms with Crippen molar-refractivity contribution in [3.63, 3.8) is 0 Å². The molecule has 0 fully saturated rings. The number of hydrogen-bond acceptors (Lipinski definition) is 1. The third kappa shape index (κ3) is 2.79. The van der Waals surface area contributed by atoms with Crippen LogP contribution in [0.25, 0.3) is 11.1 Å². The first-order valence-corrected chi connectivity index (χ1v) is 6.42. The second-order valence-electron chi connectivity index (χ2n) is 4.55. The molecule has 0 aliphatic rings. The molecule has 0 radical (unpaired) electrons. The number of hydrogen-bond donors (Lipinski definition) is 0. The minimum absolute atomic E-state index is 0.0361. The van der Waals surface area contributed by atoms with E-state index in [1.165, 1.54) is 31.2 Å². The lowest BCUT2D eigenvalue weighted by molar-refractivity contribution is 0.301. The largest absolute Gasteiger partial charge is 0.491 e. The first kappa shape index (κ1) is 14.4. The molecular weight excluding hydrogens is 265 g/mol. The smallest absolute Gasteiger partial charge is 0.166 e. The number of halogens is 3. The summed E-state index contributed by atoms with van der Waals surface area (Å²) in [4.78, 5) is 0. The summed E-state index contributed by atoms with van der Waals surface area (Å²) in [6, 6.07) is 7.00. The maximum atomic E-state index is 13.9. The Morgan fingerprint density at radius 3 is 2.40 bits per heavy atom. The summed E-state index contributed by atoms with van der Waals surface area (Å²) < 4.78 is 46.4. The highest BCUT2D eigenvalue weighted by molar-refractivity contribution is 5.65. The lowest BCUT2D eigenvalue weighted by atomic mass is 10.0. The monoisotopic (exact) mass is 280 g/mol. The van der Waals surface area contributed by atoms with E-state index in [1.807, 2.05) is 6.92 Å². The van der Waals surface area contributed by atoms with Gasteiger partial charge in [-0.2, -0.15) is 0 Å². The molecule has 0 amide bonds. The molecule has 0 atom stereocenters. The molecule has 0 bridgehead atoms. The van der Waals surface area contributed by atoms with Gasteiger partial charge >= 0.3 is 0 Å². The maximum absolute atomic E-state index is 13.9. The highest BCUT2D eigenvalue weighted by Crippen LogP contribution is 2.29. The van der Waals surface area contributed by atoms with Gasteiger partial charge in [-0.3, -0.25) is 0 Å². The number of benzene rings is 2. The van der Waals surface area contributed by atoms with E-state index in [-0.39, 0.29) is 22.4 Å². The zero-order valence-corrected chi connectivity index (χ0v) is 11.3. The molecule has 0 aliphatic heterocycles. The first-order chi connectivity index (χ1) is 9.54. The molecule has 0 aliphatic carbocycles. The van der Waals surface area contributed by atoms with Crippen LogP contribution >= 0.6 is 0 Å². The van der Waals surface area contributed by atoms with Gasteiger partial charge in [-0.05, 0) is 36.6 Å². The lowest BCUT2D eigenvalue weighted by Crippen LogP contribution is -1.98. The van der Waals surface area contributed by atoms with Crippen LogP contribution in [-0.2, 0) is 0 Å². The van der Waals surface area contributed by atoms with Crippen molar-refractivity contribution in [2.75, 3.05) is 6.61 Å². The fourth-order valence-electron chi connectivity index (χ4n) is 1.87. The van der Waals surface area contributed by atoms with E-state index in [0.29, 0.717) is 6.61 Å². The predicted molar refractivity (Wildman–Crippen MR) is 72.3 cm³/mol. The number of rotatable bonds is 4. The minimum Gasteiger partial charge on any atom is -0.491 e. The van der Waals surface area contributed by atoms with E-state index in [1.54, 1.807) is 0 Å². The quantitative estimate of drug-likeness (QED) is 0.776. The van der Waals surface area contributed by atoms with Gasteiger partial charge in [0.05, 0.1) is 6.61 Å². The summed E-state index contributed by atoms with van der Waals surface area (Å²) in [5.41, 5.74) is 0.534. The Bertz CT molecular complexity index is 623. The van der Waals surface area contributed by atoms with Crippen LogP contribution in [0, 0.1) is 24.4 Å². The van der Waals surface area contributed by atoms with E-state index in [9.17, 15) is 13.2 Å². The molecule has 4 heteroatoms. The second-order valence-corrected chi connectivity index (χ2v) is 4.55. The van der Waals surface area contributed by atoms with Gasteiger partial charge < -0.3 is 4.74 Å². The fourth-order valence-corrected chi connectivity index (χ4v) is 1.87. The predicted octanol–water partition coefficient (Wildman–Crippen LogP) is 4.87. The van der Waals surface area contributed by atoms with E-state index in [4.69, 9.17) is 4.74 Å². The summed E-state index contributed by atoms with van der Waals surface area (Å²) >= 11 is 0. The van der Waals surface area contributed by atoms with Crippen molar-refractivity contribution in [3.05, 3.63) is 53.3 Å². The molecule has 2 aromatic carbocycles. The zero-order valence-electron chi connectivity index (χ0n) is 11.3. The van der Waals surface area contributed by atoms with E-state index >= 15 is 0 Å². The highest BCUT2D eigenvalue weighted by Gasteiger charge is 2.14.